The smallest absolute Gasteiger partial charge is 0.278 e. The molecule has 0 saturated carbocycles. The van der Waals surface area contributed by atoms with Crippen LogP contribution in [0.2, 0.25) is 0 Å². The van der Waals surface area contributed by atoms with Crippen molar-refractivity contribution in [3.63, 3.8) is 0 Å². The number of rotatable bonds is 3. The SMILES string of the molecule is COCC1O[C@@H](n2cnc3c(=O)[nH]cnc32)C[C@H]1O. The third-order valence-corrected chi connectivity index (χ3v) is 3.21. The quantitative estimate of drug-likeness (QED) is 0.770. The van der Waals surface area contributed by atoms with Crippen molar-refractivity contribution in [3.8, 4) is 0 Å². The predicted octanol–water partition coefficient (Wildman–Crippen LogP) is -0.586. The summed E-state index contributed by atoms with van der Waals surface area (Å²) in [4.78, 5) is 22.1. The monoisotopic (exact) mass is 266 g/mol. The molecule has 1 unspecified atom stereocenters. The maximum atomic E-state index is 11.6. The first kappa shape index (κ1) is 12.3. The summed E-state index contributed by atoms with van der Waals surface area (Å²) in [6, 6.07) is 0. The second kappa shape index (κ2) is 4.72. The van der Waals surface area contributed by atoms with E-state index in [0.29, 0.717) is 18.7 Å². The standard InChI is InChI=1S/C11H14N4O4/c1-18-3-7-6(16)2-8(19-7)15-5-14-9-10(15)12-4-13-11(9)17/h4-8,16H,2-3H2,1H3,(H,12,13,17)/t6-,7?,8-/m1/s1. The fraction of sp³-hybridized carbons (Fsp3) is 0.545. The molecule has 2 aromatic heterocycles. The first-order valence-corrected chi connectivity index (χ1v) is 5.93. The average Bonchev–Trinajstić information content (AvgIpc) is 2.95. The Bertz CT molecular complexity index is 637. The van der Waals surface area contributed by atoms with Crippen LogP contribution in [-0.4, -0.2) is 50.6 Å². The highest BCUT2D eigenvalue weighted by molar-refractivity contribution is 5.68. The minimum Gasteiger partial charge on any atom is -0.390 e. The molecule has 19 heavy (non-hydrogen) atoms. The van der Waals surface area contributed by atoms with Crippen molar-refractivity contribution < 1.29 is 14.6 Å². The van der Waals surface area contributed by atoms with Gasteiger partial charge in [-0.3, -0.25) is 9.36 Å². The molecular weight excluding hydrogens is 252 g/mol. The van der Waals surface area contributed by atoms with E-state index < -0.39 is 12.3 Å². The summed E-state index contributed by atoms with van der Waals surface area (Å²) < 4.78 is 12.3. The molecule has 3 rings (SSSR count). The van der Waals surface area contributed by atoms with E-state index in [0.717, 1.165) is 0 Å². The maximum Gasteiger partial charge on any atom is 0.278 e. The van der Waals surface area contributed by atoms with Crippen LogP contribution in [0.25, 0.3) is 11.2 Å². The summed E-state index contributed by atoms with van der Waals surface area (Å²) in [5.41, 5.74) is 0.408. The maximum absolute atomic E-state index is 11.6. The van der Waals surface area contributed by atoms with Gasteiger partial charge in [-0.15, -0.1) is 0 Å². The highest BCUT2D eigenvalue weighted by atomic mass is 16.6. The van der Waals surface area contributed by atoms with Crippen molar-refractivity contribution in [2.24, 2.45) is 0 Å². The number of aromatic nitrogens is 4. The Morgan fingerprint density at radius 3 is 3.26 bits per heavy atom. The lowest BCUT2D eigenvalue weighted by Gasteiger charge is -2.14. The Balaban J connectivity index is 1.94. The third kappa shape index (κ3) is 2.03. The number of H-pyrrole nitrogens is 1. The van der Waals surface area contributed by atoms with Crippen LogP contribution in [0.15, 0.2) is 17.4 Å². The zero-order chi connectivity index (χ0) is 13.4. The fourth-order valence-corrected chi connectivity index (χ4v) is 2.27. The lowest BCUT2D eigenvalue weighted by molar-refractivity contribution is -0.0523. The number of nitrogens with zero attached hydrogens (tertiary/aromatic N) is 3. The van der Waals surface area contributed by atoms with Gasteiger partial charge in [-0.25, -0.2) is 9.97 Å². The van der Waals surface area contributed by atoms with Crippen LogP contribution in [0.3, 0.4) is 0 Å². The molecule has 8 heteroatoms. The minimum absolute atomic E-state index is 0.260. The van der Waals surface area contributed by atoms with E-state index in [-0.39, 0.29) is 17.2 Å². The van der Waals surface area contributed by atoms with Gasteiger partial charge in [0, 0.05) is 13.5 Å². The number of hydrogen-bond donors (Lipinski definition) is 2. The molecule has 102 valence electrons. The molecule has 1 fully saturated rings. The predicted molar refractivity (Wildman–Crippen MR) is 64.6 cm³/mol. The summed E-state index contributed by atoms with van der Waals surface area (Å²) in [6.07, 6.45) is 1.85. The zero-order valence-electron chi connectivity index (χ0n) is 10.3. The molecule has 0 radical (unpaired) electrons. The van der Waals surface area contributed by atoms with Gasteiger partial charge in [-0.2, -0.15) is 0 Å². The topological polar surface area (TPSA) is 102 Å². The van der Waals surface area contributed by atoms with Gasteiger partial charge in [-0.05, 0) is 0 Å². The molecule has 0 bridgehead atoms. The van der Waals surface area contributed by atoms with Gasteiger partial charge in [-0.1, -0.05) is 0 Å². The molecule has 1 aliphatic heterocycles. The summed E-state index contributed by atoms with van der Waals surface area (Å²) in [5, 5.41) is 9.89. The van der Waals surface area contributed by atoms with E-state index in [1.165, 1.54) is 12.7 Å². The van der Waals surface area contributed by atoms with Crippen LogP contribution in [0.4, 0.5) is 0 Å². The number of nitrogens with one attached hydrogen (secondary N) is 1. The van der Waals surface area contributed by atoms with E-state index >= 15 is 0 Å². The van der Waals surface area contributed by atoms with E-state index in [1.807, 2.05) is 0 Å². The summed E-state index contributed by atoms with van der Waals surface area (Å²) in [7, 11) is 1.55. The number of ether oxygens (including phenoxy) is 2. The normalized spacial score (nSPS) is 27.2. The molecule has 3 heterocycles. The van der Waals surface area contributed by atoms with E-state index in [2.05, 4.69) is 15.0 Å². The Morgan fingerprint density at radius 2 is 2.47 bits per heavy atom. The number of aliphatic hydroxyl groups is 1. The number of imidazole rings is 1. The van der Waals surface area contributed by atoms with Gasteiger partial charge in [0.15, 0.2) is 11.2 Å². The molecule has 1 aliphatic rings. The van der Waals surface area contributed by atoms with Gasteiger partial charge in [0.05, 0.1) is 25.4 Å². The highest BCUT2D eigenvalue weighted by Gasteiger charge is 2.35. The lowest BCUT2D eigenvalue weighted by Crippen LogP contribution is -2.25. The molecule has 8 nitrogen and oxygen atoms in total. The summed E-state index contributed by atoms with van der Waals surface area (Å²) in [5.74, 6) is 0. The van der Waals surface area contributed by atoms with Crippen molar-refractivity contribution in [2.45, 2.75) is 24.9 Å². The number of methoxy groups -OCH3 is 1. The number of aliphatic hydroxyl groups excluding tert-OH is 1. The van der Waals surface area contributed by atoms with E-state index in [1.54, 1.807) is 11.7 Å². The van der Waals surface area contributed by atoms with Crippen molar-refractivity contribution in [3.05, 3.63) is 23.0 Å². The Morgan fingerprint density at radius 1 is 1.63 bits per heavy atom. The van der Waals surface area contributed by atoms with Crippen LogP contribution in [0, 0.1) is 0 Å². The minimum atomic E-state index is -0.607. The Kier molecular flexibility index (Phi) is 3.05. The highest BCUT2D eigenvalue weighted by Crippen LogP contribution is 2.30. The summed E-state index contributed by atoms with van der Waals surface area (Å²) in [6.45, 7) is 0.318. The first-order chi connectivity index (χ1) is 9.20. The molecule has 0 amide bonds. The molecule has 0 aromatic carbocycles. The molecule has 0 spiro atoms. The van der Waals surface area contributed by atoms with Crippen molar-refractivity contribution in [1.29, 1.82) is 0 Å². The van der Waals surface area contributed by atoms with Crippen LogP contribution < -0.4 is 5.56 Å². The molecule has 2 aromatic rings. The van der Waals surface area contributed by atoms with Gasteiger partial charge in [0.2, 0.25) is 0 Å². The second-order valence-electron chi connectivity index (χ2n) is 4.44. The second-order valence-corrected chi connectivity index (χ2v) is 4.44. The number of fused-ring (bicyclic) bond motifs is 1. The third-order valence-electron chi connectivity index (χ3n) is 3.21. The van der Waals surface area contributed by atoms with Crippen LogP contribution in [0.5, 0.6) is 0 Å². The largest absolute Gasteiger partial charge is 0.390 e. The molecule has 1 saturated heterocycles. The average molecular weight is 266 g/mol. The van der Waals surface area contributed by atoms with Crippen molar-refractivity contribution in [1.82, 2.24) is 19.5 Å². The van der Waals surface area contributed by atoms with Crippen LogP contribution in [0.1, 0.15) is 12.6 Å². The van der Waals surface area contributed by atoms with Crippen LogP contribution in [-0.2, 0) is 9.47 Å². The van der Waals surface area contributed by atoms with Gasteiger partial charge >= 0.3 is 0 Å². The van der Waals surface area contributed by atoms with E-state index in [9.17, 15) is 9.90 Å². The number of hydrogen-bond acceptors (Lipinski definition) is 6. The first-order valence-electron chi connectivity index (χ1n) is 5.93. The molecular formula is C11H14N4O4. The molecule has 2 N–H and O–H groups in total. The van der Waals surface area contributed by atoms with Crippen LogP contribution >= 0.6 is 0 Å². The van der Waals surface area contributed by atoms with Crippen molar-refractivity contribution >= 4 is 11.2 Å². The number of aromatic amines is 1. The van der Waals surface area contributed by atoms with Gasteiger partial charge in [0.1, 0.15) is 12.3 Å². The van der Waals surface area contributed by atoms with Gasteiger partial charge in [0.25, 0.3) is 5.56 Å². The summed E-state index contributed by atoms with van der Waals surface area (Å²) >= 11 is 0. The zero-order valence-corrected chi connectivity index (χ0v) is 10.3. The Hall–Kier alpha value is -1.77. The Labute approximate surface area is 108 Å². The van der Waals surface area contributed by atoms with E-state index in [4.69, 9.17) is 9.47 Å². The lowest BCUT2D eigenvalue weighted by atomic mass is 10.2. The van der Waals surface area contributed by atoms with Crippen molar-refractivity contribution in [2.75, 3.05) is 13.7 Å². The molecule has 3 atom stereocenters. The fourth-order valence-electron chi connectivity index (χ4n) is 2.27. The van der Waals surface area contributed by atoms with Gasteiger partial charge < -0.3 is 19.6 Å². The molecule has 0 aliphatic carbocycles.